The van der Waals surface area contributed by atoms with E-state index in [1.807, 2.05) is 20.8 Å². The third-order valence-corrected chi connectivity index (χ3v) is 5.15. The van der Waals surface area contributed by atoms with Crippen molar-refractivity contribution < 1.29 is 23.5 Å². The third kappa shape index (κ3) is 14.3. The lowest BCUT2D eigenvalue weighted by atomic mass is 10.0. The van der Waals surface area contributed by atoms with Gasteiger partial charge in [-0.05, 0) is 74.4 Å². The Hall–Kier alpha value is -2.80. The molecule has 1 saturated carbocycles. The highest BCUT2D eigenvalue weighted by atomic mass is 19.1. The number of carbonyl (C=O) groups is 2. The standard InChI is InChI=1S/C15H22N2O.C7H6F2.C4H8O2.C2H6/c1-2-13-5-3-6-14(11-13)15(7-8-15)17-10-4-9-16-12-18;1-5-2-6(8)4-7(9)3-5;1-2-3-4(5)6;1-2/h3,5-6,11-12,17H,2,4,7-10H2,1H3,(H,16,18);2-4H,1H3;2-3H2,1H3,(H,5,6);1-2H3. The Labute approximate surface area is 209 Å². The Morgan fingerprint density at radius 1 is 1.06 bits per heavy atom. The highest BCUT2D eigenvalue weighted by Crippen LogP contribution is 2.45. The molecule has 0 saturated heterocycles. The summed E-state index contributed by atoms with van der Waals surface area (Å²) >= 11 is 0. The number of aliphatic carboxylic acids is 1. The number of benzene rings is 2. The van der Waals surface area contributed by atoms with Crippen LogP contribution in [-0.2, 0) is 21.5 Å². The predicted molar refractivity (Wildman–Crippen MR) is 138 cm³/mol. The van der Waals surface area contributed by atoms with Gasteiger partial charge in [-0.1, -0.05) is 52.0 Å². The topological polar surface area (TPSA) is 78.4 Å². The van der Waals surface area contributed by atoms with E-state index in [0.29, 0.717) is 12.0 Å². The van der Waals surface area contributed by atoms with E-state index in [1.165, 1.54) is 36.1 Å². The van der Waals surface area contributed by atoms with Gasteiger partial charge in [-0.25, -0.2) is 8.78 Å². The van der Waals surface area contributed by atoms with Crippen molar-refractivity contribution in [2.75, 3.05) is 13.1 Å². The lowest BCUT2D eigenvalue weighted by Crippen LogP contribution is -2.31. The number of halogens is 2. The quantitative estimate of drug-likeness (QED) is 0.275. The Balaban J connectivity index is 0.000000567. The van der Waals surface area contributed by atoms with Crippen molar-refractivity contribution in [1.82, 2.24) is 10.6 Å². The number of rotatable bonds is 10. The Morgan fingerprint density at radius 2 is 1.69 bits per heavy atom. The maximum atomic E-state index is 12.2. The summed E-state index contributed by atoms with van der Waals surface area (Å²) in [4.78, 5) is 19.7. The second-order valence-electron chi connectivity index (χ2n) is 8.08. The first kappa shape index (κ1) is 32.2. The number of nitrogens with one attached hydrogen (secondary N) is 2. The van der Waals surface area contributed by atoms with E-state index in [2.05, 4.69) is 41.8 Å². The number of aryl methyl sites for hydroxylation is 2. The van der Waals surface area contributed by atoms with Gasteiger partial charge in [0.1, 0.15) is 11.6 Å². The van der Waals surface area contributed by atoms with Crippen molar-refractivity contribution in [2.24, 2.45) is 0 Å². The van der Waals surface area contributed by atoms with Crippen molar-refractivity contribution in [1.29, 1.82) is 0 Å². The average molecular weight is 493 g/mol. The van der Waals surface area contributed by atoms with E-state index in [0.717, 1.165) is 44.8 Å². The van der Waals surface area contributed by atoms with Crippen LogP contribution in [0.2, 0.25) is 0 Å². The second-order valence-corrected chi connectivity index (χ2v) is 8.08. The number of carboxylic acid groups (broad SMARTS) is 1. The van der Waals surface area contributed by atoms with Crippen LogP contribution < -0.4 is 10.6 Å². The predicted octanol–water partition coefficient (Wildman–Crippen LogP) is 6.13. The number of hydrogen-bond acceptors (Lipinski definition) is 3. The molecule has 0 spiro atoms. The summed E-state index contributed by atoms with van der Waals surface area (Å²) < 4.78 is 24.4. The van der Waals surface area contributed by atoms with Crippen LogP contribution in [0.25, 0.3) is 0 Å². The molecule has 1 amide bonds. The zero-order valence-electron chi connectivity index (χ0n) is 21.8. The zero-order valence-corrected chi connectivity index (χ0v) is 21.8. The van der Waals surface area contributed by atoms with E-state index < -0.39 is 17.6 Å². The minimum atomic E-state index is -0.711. The van der Waals surface area contributed by atoms with Crippen LogP contribution >= 0.6 is 0 Å². The fourth-order valence-electron chi connectivity index (χ4n) is 3.26. The molecule has 196 valence electrons. The van der Waals surface area contributed by atoms with Gasteiger partial charge in [-0.2, -0.15) is 0 Å². The Bertz CT molecular complexity index is 821. The maximum absolute atomic E-state index is 12.2. The molecule has 3 N–H and O–H groups in total. The maximum Gasteiger partial charge on any atom is 0.303 e. The molecular formula is C28H42F2N2O3. The van der Waals surface area contributed by atoms with Crippen LogP contribution in [0.3, 0.4) is 0 Å². The summed E-state index contributed by atoms with van der Waals surface area (Å²) in [5, 5.41) is 14.2. The largest absolute Gasteiger partial charge is 0.481 e. The van der Waals surface area contributed by atoms with Gasteiger partial charge in [0.15, 0.2) is 0 Å². The van der Waals surface area contributed by atoms with Crippen LogP contribution in [0.4, 0.5) is 8.78 Å². The lowest BCUT2D eigenvalue weighted by molar-refractivity contribution is -0.137. The molecule has 7 heteroatoms. The fraction of sp³-hybridized carbons (Fsp3) is 0.500. The van der Waals surface area contributed by atoms with Crippen molar-refractivity contribution in [3.05, 3.63) is 70.8 Å². The van der Waals surface area contributed by atoms with Gasteiger partial charge >= 0.3 is 5.97 Å². The molecule has 0 radical (unpaired) electrons. The Kier molecular flexibility index (Phi) is 17.0. The first-order chi connectivity index (χ1) is 16.8. The van der Waals surface area contributed by atoms with Crippen LogP contribution in [0.1, 0.15) is 76.5 Å². The van der Waals surface area contributed by atoms with Crippen LogP contribution in [0.5, 0.6) is 0 Å². The SMILES string of the molecule is CC.CCCC(=O)O.CCc1cccc(C2(NCCCNC=O)CC2)c1.Cc1cc(F)cc(F)c1. The summed E-state index contributed by atoms with van der Waals surface area (Å²) in [6.07, 6.45) is 6.30. The zero-order chi connectivity index (χ0) is 26.7. The molecule has 35 heavy (non-hydrogen) atoms. The molecule has 0 aromatic heterocycles. The molecule has 0 heterocycles. The van der Waals surface area contributed by atoms with E-state index >= 15 is 0 Å². The smallest absolute Gasteiger partial charge is 0.303 e. The highest BCUT2D eigenvalue weighted by Gasteiger charge is 2.43. The van der Waals surface area contributed by atoms with Gasteiger partial charge in [0, 0.05) is 24.6 Å². The number of amides is 1. The summed E-state index contributed by atoms with van der Waals surface area (Å²) in [7, 11) is 0. The second kappa shape index (κ2) is 18.5. The van der Waals surface area contributed by atoms with Crippen LogP contribution in [-0.4, -0.2) is 30.6 Å². The van der Waals surface area contributed by atoms with Gasteiger partial charge in [-0.15, -0.1) is 0 Å². The average Bonchev–Trinajstić information content (AvgIpc) is 3.61. The van der Waals surface area contributed by atoms with Gasteiger partial charge in [-0.3, -0.25) is 9.59 Å². The normalized spacial score (nSPS) is 12.4. The molecular weight excluding hydrogens is 450 g/mol. The minimum absolute atomic E-state index is 0.215. The molecule has 2 aromatic rings. The molecule has 1 fully saturated rings. The molecule has 1 aliphatic rings. The van der Waals surface area contributed by atoms with Crippen LogP contribution in [0.15, 0.2) is 42.5 Å². The molecule has 0 atom stereocenters. The molecule has 0 aliphatic heterocycles. The van der Waals surface area contributed by atoms with Crippen molar-refractivity contribution in [2.45, 2.75) is 78.7 Å². The molecule has 0 bridgehead atoms. The fourth-order valence-corrected chi connectivity index (χ4v) is 3.26. The van der Waals surface area contributed by atoms with Gasteiger partial charge in [0.2, 0.25) is 6.41 Å². The number of carbonyl (C=O) groups excluding carboxylic acids is 1. The van der Waals surface area contributed by atoms with Gasteiger partial charge < -0.3 is 15.7 Å². The summed E-state index contributed by atoms with van der Waals surface area (Å²) in [6.45, 7) is 11.4. The molecule has 5 nitrogen and oxygen atoms in total. The first-order valence-corrected chi connectivity index (χ1v) is 12.4. The van der Waals surface area contributed by atoms with Crippen LogP contribution in [0, 0.1) is 18.6 Å². The number of carboxylic acids is 1. The monoisotopic (exact) mass is 492 g/mol. The van der Waals surface area contributed by atoms with E-state index in [1.54, 1.807) is 6.92 Å². The van der Waals surface area contributed by atoms with Crippen molar-refractivity contribution in [3.63, 3.8) is 0 Å². The van der Waals surface area contributed by atoms with Crippen molar-refractivity contribution in [3.8, 4) is 0 Å². The molecule has 0 unspecified atom stereocenters. The highest BCUT2D eigenvalue weighted by molar-refractivity contribution is 5.66. The number of hydrogen-bond donors (Lipinski definition) is 3. The molecule has 2 aromatic carbocycles. The summed E-state index contributed by atoms with van der Waals surface area (Å²) in [5.74, 6) is -1.75. The van der Waals surface area contributed by atoms with Crippen molar-refractivity contribution >= 4 is 12.4 Å². The van der Waals surface area contributed by atoms with Gasteiger partial charge in [0.25, 0.3) is 0 Å². The minimum Gasteiger partial charge on any atom is -0.481 e. The summed E-state index contributed by atoms with van der Waals surface area (Å²) in [6, 6.07) is 12.3. The summed E-state index contributed by atoms with van der Waals surface area (Å²) in [5.41, 5.74) is 3.65. The third-order valence-electron chi connectivity index (χ3n) is 5.15. The molecule has 3 rings (SSSR count). The first-order valence-electron chi connectivity index (χ1n) is 12.4. The van der Waals surface area contributed by atoms with E-state index in [4.69, 9.17) is 5.11 Å². The van der Waals surface area contributed by atoms with Gasteiger partial charge in [0.05, 0.1) is 0 Å². The van der Waals surface area contributed by atoms with E-state index in [-0.39, 0.29) is 5.54 Å². The van der Waals surface area contributed by atoms with E-state index in [9.17, 15) is 18.4 Å². The molecule has 1 aliphatic carbocycles. The lowest BCUT2D eigenvalue weighted by Gasteiger charge is -2.18. The Morgan fingerprint density at radius 3 is 2.11 bits per heavy atom.